The van der Waals surface area contributed by atoms with Crippen LogP contribution in [0.1, 0.15) is 0 Å². The number of aliphatic carboxylic acids is 1. The van der Waals surface area contributed by atoms with Gasteiger partial charge in [0.1, 0.15) is 12.5 Å². The fourth-order valence-corrected chi connectivity index (χ4v) is 0.355. The number of halogens is 1. The Balaban J connectivity index is 0.000000640. The van der Waals surface area contributed by atoms with Gasteiger partial charge in [-0.1, -0.05) is 0 Å². The monoisotopic (exact) mass is 152 g/mol. The van der Waals surface area contributed by atoms with E-state index in [-0.39, 0.29) is 12.4 Å². The minimum absolute atomic E-state index is 0. The van der Waals surface area contributed by atoms with Crippen LogP contribution < -0.4 is 0 Å². The molecular formula is C4H5ClO4. The SMILES string of the molecule is Cl.O=C(O)C1OC=CO1. The lowest BCUT2D eigenvalue weighted by atomic mass is 10.7. The second-order valence-electron chi connectivity index (χ2n) is 1.21. The average Bonchev–Trinajstić information content (AvgIpc) is 2.12. The summed E-state index contributed by atoms with van der Waals surface area (Å²) < 4.78 is 8.82. The van der Waals surface area contributed by atoms with Crippen LogP contribution in [0.2, 0.25) is 0 Å². The molecule has 0 aromatic carbocycles. The smallest absolute Gasteiger partial charge is 0.387 e. The van der Waals surface area contributed by atoms with Crippen molar-refractivity contribution in [3.8, 4) is 0 Å². The maximum Gasteiger partial charge on any atom is 0.387 e. The molecule has 0 unspecified atom stereocenters. The standard InChI is InChI=1S/C4H4O4.ClH/c5-3(6)4-7-1-2-8-4;/h1-2,4H,(H,5,6);1H. The summed E-state index contributed by atoms with van der Waals surface area (Å²) in [6.45, 7) is 0. The van der Waals surface area contributed by atoms with Gasteiger partial charge in [0.05, 0.1) is 0 Å². The van der Waals surface area contributed by atoms with E-state index in [1.54, 1.807) is 0 Å². The second-order valence-corrected chi connectivity index (χ2v) is 1.21. The molecule has 5 heteroatoms. The van der Waals surface area contributed by atoms with Crippen LogP contribution in [0.4, 0.5) is 0 Å². The van der Waals surface area contributed by atoms with Gasteiger partial charge in [-0.05, 0) is 0 Å². The number of carbonyl (C=O) groups is 1. The Kier molecular flexibility index (Phi) is 2.87. The zero-order valence-corrected chi connectivity index (χ0v) is 5.13. The molecule has 0 aromatic heterocycles. The molecule has 0 aromatic rings. The molecule has 1 rings (SSSR count). The van der Waals surface area contributed by atoms with Gasteiger partial charge in [0.2, 0.25) is 0 Å². The maximum absolute atomic E-state index is 9.91. The Morgan fingerprint density at radius 1 is 1.44 bits per heavy atom. The van der Waals surface area contributed by atoms with Gasteiger partial charge in [0.25, 0.3) is 0 Å². The summed E-state index contributed by atoms with van der Waals surface area (Å²) in [6, 6.07) is 0. The van der Waals surface area contributed by atoms with Gasteiger partial charge in [-0.25, -0.2) is 4.79 Å². The molecule has 1 N–H and O–H groups in total. The van der Waals surface area contributed by atoms with E-state index in [4.69, 9.17) is 5.11 Å². The van der Waals surface area contributed by atoms with Gasteiger partial charge in [-0.15, -0.1) is 12.4 Å². The first-order chi connectivity index (χ1) is 3.80. The van der Waals surface area contributed by atoms with Crippen molar-refractivity contribution >= 4 is 18.4 Å². The van der Waals surface area contributed by atoms with Gasteiger partial charge >= 0.3 is 12.3 Å². The molecule has 0 aliphatic carbocycles. The van der Waals surface area contributed by atoms with Gasteiger partial charge < -0.3 is 14.6 Å². The van der Waals surface area contributed by atoms with Crippen molar-refractivity contribution < 1.29 is 19.4 Å². The maximum atomic E-state index is 9.91. The lowest BCUT2D eigenvalue weighted by molar-refractivity contribution is -0.162. The molecule has 0 atom stereocenters. The van der Waals surface area contributed by atoms with Crippen LogP contribution in [0.15, 0.2) is 12.5 Å². The first kappa shape index (κ1) is 8.10. The third-order valence-electron chi connectivity index (χ3n) is 0.662. The molecule has 0 saturated carbocycles. The molecule has 0 radical (unpaired) electrons. The van der Waals surface area contributed by atoms with E-state index >= 15 is 0 Å². The topological polar surface area (TPSA) is 55.8 Å². The van der Waals surface area contributed by atoms with E-state index in [9.17, 15) is 4.79 Å². The molecule has 9 heavy (non-hydrogen) atoms. The lowest BCUT2D eigenvalue weighted by Crippen LogP contribution is -2.19. The highest BCUT2D eigenvalue weighted by Crippen LogP contribution is 2.03. The summed E-state index contributed by atoms with van der Waals surface area (Å²) in [5, 5.41) is 8.12. The summed E-state index contributed by atoms with van der Waals surface area (Å²) >= 11 is 0. The molecule has 52 valence electrons. The van der Waals surface area contributed by atoms with Crippen LogP contribution in [0, 0.1) is 0 Å². The number of hydrogen-bond acceptors (Lipinski definition) is 3. The molecule has 0 bridgehead atoms. The third kappa shape index (κ3) is 1.81. The van der Waals surface area contributed by atoms with E-state index in [2.05, 4.69) is 9.47 Å². The highest BCUT2D eigenvalue weighted by molar-refractivity contribution is 5.85. The van der Waals surface area contributed by atoms with Crippen molar-refractivity contribution in [2.75, 3.05) is 0 Å². The Morgan fingerprint density at radius 2 is 1.89 bits per heavy atom. The van der Waals surface area contributed by atoms with E-state index in [0.29, 0.717) is 0 Å². The minimum Gasteiger partial charge on any atom is -0.476 e. The fourth-order valence-electron chi connectivity index (χ4n) is 0.355. The zero-order chi connectivity index (χ0) is 5.98. The molecule has 0 spiro atoms. The number of carboxylic acid groups (broad SMARTS) is 1. The van der Waals surface area contributed by atoms with Gasteiger partial charge in [0.15, 0.2) is 0 Å². The molecule has 1 aliphatic rings. The molecule has 0 fully saturated rings. The van der Waals surface area contributed by atoms with Crippen LogP contribution >= 0.6 is 12.4 Å². The van der Waals surface area contributed by atoms with Crippen LogP contribution in [-0.4, -0.2) is 17.4 Å². The normalized spacial score (nSPS) is 15.6. The van der Waals surface area contributed by atoms with E-state index in [1.165, 1.54) is 12.5 Å². The second kappa shape index (κ2) is 3.19. The van der Waals surface area contributed by atoms with Crippen LogP contribution in [-0.2, 0) is 14.3 Å². The Morgan fingerprint density at radius 3 is 2.11 bits per heavy atom. The molecular weight excluding hydrogens is 147 g/mol. The molecule has 1 aliphatic heterocycles. The van der Waals surface area contributed by atoms with Gasteiger partial charge in [-0.3, -0.25) is 0 Å². The number of hydrogen-bond donors (Lipinski definition) is 1. The zero-order valence-electron chi connectivity index (χ0n) is 4.31. The summed E-state index contributed by atoms with van der Waals surface area (Å²) in [5.74, 6) is -1.12. The van der Waals surface area contributed by atoms with Crippen LogP contribution in [0.25, 0.3) is 0 Å². The first-order valence-electron chi connectivity index (χ1n) is 1.99. The number of ether oxygens (including phenoxy) is 2. The van der Waals surface area contributed by atoms with E-state index in [1.807, 2.05) is 0 Å². The van der Waals surface area contributed by atoms with Crippen LogP contribution in [0.3, 0.4) is 0 Å². The van der Waals surface area contributed by atoms with Crippen molar-refractivity contribution in [2.24, 2.45) is 0 Å². The molecule has 0 saturated heterocycles. The van der Waals surface area contributed by atoms with Crippen LogP contribution in [0.5, 0.6) is 0 Å². The summed E-state index contributed by atoms with van der Waals surface area (Å²) in [6.07, 6.45) is 1.26. The first-order valence-corrected chi connectivity index (χ1v) is 1.99. The lowest BCUT2D eigenvalue weighted by Gasteiger charge is -2.01. The number of carboxylic acids is 1. The molecule has 0 amide bonds. The Bertz CT molecular complexity index is 125. The molecule has 4 nitrogen and oxygen atoms in total. The predicted octanol–water partition coefficient (Wildman–Crippen LogP) is 0.337. The van der Waals surface area contributed by atoms with E-state index < -0.39 is 12.3 Å². The third-order valence-corrected chi connectivity index (χ3v) is 0.662. The van der Waals surface area contributed by atoms with Crippen molar-refractivity contribution in [3.05, 3.63) is 12.5 Å². The highest BCUT2D eigenvalue weighted by Gasteiger charge is 2.20. The summed E-state index contributed by atoms with van der Waals surface area (Å²) in [7, 11) is 0. The number of rotatable bonds is 1. The minimum atomic E-state index is -1.13. The highest BCUT2D eigenvalue weighted by atomic mass is 35.5. The summed E-state index contributed by atoms with van der Waals surface area (Å²) in [4.78, 5) is 9.91. The Hall–Kier alpha value is -0.900. The van der Waals surface area contributed by atoms with Crippen molar-refractivity contribution in [2.45, 2.75) is 6.29 Å². The summed E-state index contributed by atoms with van der Waals surface area (Å²) in [5.41, 5.74) is 0. The van der Waals surface area contributed by atoms with Gasteiger partial charge in [-0.2, -0.15) is 0 Å². The van der Waals surface area contributed by atoms with Crippen molar-refractivity contribution in [1.82, 2.24) is 0 Å². The van der Waals surface area contributed by atoms with Crippen molar-refractivity contribution in [1.29, 1.82) is 0 Å². The fraction of sp³-hybridized carbons (Fsp3) is 0.250. The Labute approximate surface area is 57.5 Å². The largest absolute Gasteiger partial charge is 0.476 e. The molecule has 1 heterocycles. The van der Waals surface area contributed by atoms with E-state index in [0.717, 1.165) is 0 Å². The van der Waals surface area contributed by atoms with Crippen molar-refractivity contribution in [3.63, 3.8) is 0 Å². The quantitative estimate of drug-likeness (QED) is 0.589. The average molecular weight is 153 g/mol. The predicted molar refractivity (Wildman–Crippen MR) is 30.0 cm³/mol. The van der Waals surface area contributed by atoms with Gasteiger partial charge in [0, 0.05) is 0 Å².